The Morgan fingerprint density at radius 1 is 1.44 bits per heavy atom. The number of pyridine rings is 1. The fraction of sp³-hybridized carbons (Fsp3) is 0.364. The van der Waals surface area contributed by atoms with Crippen molar-refractivity contribution in [3.8, 4) is 0 Å². The number of esters is 1. The first-order valence-corrected chi connectivity index (χ1v) is 7.13. The predicted molar refractivity (Wildman–Crippen MR) is 63.8 cm³/mol. The van der Waals surface area contributed by atoms with E-state index in [1.165, 1.54) is 31.5 Å². The first-order chi connectivity index (χ1) is 8.38. The van der Waals surface area contributed by atoms with Gasteiger partial charge in [-0.05, 0) is 19.1 Å². The highest BCUT2D eigenvalue weighted by Crippen LogP contribution is 2.11. The lowest BCUT2D eigenvalue weighted by Gasteiger charge is -2.12. The number of carbonyl (C=O) groups is 2. The molecule has 0 amide bonds. The zero-order chi connectivity index (χ0) is 13.8. The van der Waals surface area contributed by atoms with Gasteiger partial charge in [-0.1, -0.05) is 0 Å². The summed E-state index contributed by atoms with van der Waals surface area (Å²) < 4.78 is 27.7. The van der Waals surface area contributed by atoms with Gasteiger partial charge in [-0.15, -0.1) is 0 Å². The van der Waals surface area contributed by atoms with Crippen LogP contribution in [0.1, 0.15) is 17.3 Å². The van der Waals surface area contributed by atoms with E-state index in [0.29, 0.717) is 0 Å². The maximum Gasteiger partial charge on any atom is 0.332 e. The number of sulfone groups is 1. The molecule has 1 heterocycles. The Labute approximate surface area is 105 Å². The highest BCUT2D eigenvalue weighted by molar-refractivity contribution is 7.92. The molecule has 7 heteroatoms. The van der Waals surface area contributed by atoms with Crippen molar-refractivity contribution in [1.29, 1.82) is 0 Å². The molecule has 0 saturated carbocycles. The Hall–Kier alpha value is -1.76. The van der Waals surface area contributed by atoms with Crippen LogP contribution in [0.3, 0.4) is 0 Å². The minimum atomic E-state index is -3.89. The summed E-state index contributed by atoms with van der Waals surface area (Å²) in [6.07, 6.45) is 3.47. The summed E-state index contributed by atoms with van der Waals surface area (Å²) in [6.45, 7) is 1.54. The van der Waals surface area contributed by atoms with Crippen molar-refractivity contribution in [2.75, 3.05) is 12.9 Å². The number of aromatic nitrogens is 1. The van der Waals surface area contributed by atoms with Crippen LogP contribution in [0.5, 0.6) is 0 Å². The summed E-state index contributed by atoms with van der Waals surface area (Å²) >= 11 is 0. The quantitative estimate of drug-likeness (QED) is 0.433. The maximum atomic E-state index is 12.0. The van der Waals surface area contributed by atoms with Crippen molar-refractivity contribution < 1.29 is 22.7 Å². The van der Waals surface area contributed by atoms with E-state index in [1.54, 1.807) is 0 Å². The summed E-state index contributed by atoms with van der Waals surface area (Å²) in [6, 6.07) is 2.88. The third kappa shape index (κ3) is 3.36. The summed E-state index contributed by atoms with van der Waals surface area (Å²) in [5.41, 5.74) is 0.0565. The monoisotopic (exact) mass is 271 g/mol. The number of Topliss-reactive ketones (excluding diaryl/α,β-unsaturated/α-hetero) is 1. The van der Waals surface area contributed by atoms with Crippen LogP contribution in [0, 0.1) is 0 Å². The average Bonchev–Trinajstić information content (AvgIpc) is 2.28. The number of hydrogen-bond donors (Lipinski definition) is 0. The lowest BCUT2D eigenvalue weighted by Crippen LogP contribution is -2.38. The Morgan fingerprint density at radius 3 is 2.56 bits per heavy atom. The maximum absolute atomic E-state index is 12.0. The molecule has 0 aliphatic rings. The summed E-state index contributed by atoms with van der Waals surface area (Å²) in [5, 5.41) is -1.83. The molecule has 18 heavy (non-hydrogen) atoms. The molecule has 1 aromatic rings. The molecule has 98 valence electrons. The highest BCUT2D eigenvalue weighted by atomic mass is 32.2. The zero-order valence-corrected chi connectivity index (χ0v) is 10.8. The third-order valence-corrected chi connectivity index (χ3v) is 3.38. The largest absolute Gasteiger partial charge is 0.465 e. The van der Waals surface area contributed by atoms with Crippen LogP contribution < -0.4 is 0 Å². The van der Waals surface area contributed by atoms with Crippen LogP contribution in [-0.4, -0.2) is 43.3 Å². The van der Waals surface area contributed by atoms with Gasteiger partial charge in [0, 0.05) is 24.2 Å². The number of nitrogens with zero attached hydrogens (tertiary/aromatic N) is 1. The smallest absolute Gasteiger partial charge is 0.332 e. The van der Waals surface area contributed by atoms with Gasteiger partial charge in [0.2, 0.25) is 5.25 Å². The number of ketones is 1. The van der Waals surface area contributed by atoms with Crippen molar-refractivity contribution in [1.82, 2.24) is 4.98 Å². The molecule has 1 aromatic heterocycles. The Kier molecular flexibility index (Phi) is 4.55. The van der Waals surface area contributed by atoms with Crippen LogP contribution in [0.4, 0.5) is 0 Å². The van der Waals surface area contributed by atoms with Gasteiger partial charge in [0.25, 0.3) is 0 Å². The second-order valence-corrected chi connectivity index (χ2v) is 5.70. The van der Waals surface area contributed by atoms with Gasteiger partial charge >= 0.3 is 5.97 Å². The van der Waals surface area contributed by atoms with Crippen molar-refractivity contribution in [2.24, 2.45) is 0 Å². The minimum Gasteiger partial charge on any atom is -0.465 e. The number of carbonyl (C=O) groups excluding carboxylic acids is 2. The van der Waals surface area contributed by atoms with Crippen LogP contribution in [0.25, 0.3) is 0 Å². The molecule has 0 bridgehead atoms. The SMILES string of the molecule is CCOC(=O)C(C(=O)c1cccnc1)S(C)(=O)=O. The van der Waals surface area contributed by atoms with Crippen molar-refractivity contribution in [3.63, 3.8) is 0 Å². The van der Waals surface area contributed by atoms with Crippen LogP contribution >= 0.6 is 0 Å². The van der Waals surface area contributed by atoms with Gasteiger partial charge < -0.3 is 4.74 Å². The fourth-order valence-corrected chi connectivity index (χ4v) is 2.30. The Bertz CT molecular complexity index is 538. The molecule has 0 spiro atoms. The predicted octanol–water partition coefficient (Wildman–Crippen LogP) is 0.241. The second kappa shape index (κ2) is 5.72. The molecule has 0 aliphatic heterocycles. The molecule has 0 radical (unpaired) electrons. The Morgan fingerprint density at radius 2 is 2.11 bits per heavy atom. The molecule has 0 aliphatic carbocycles. The van der Waals surface area contributed by atoms with Crippen molar-refractivity contribution in [3.05, 3.63) is 30.1 Å². The average molecular weight is 271 g/mol. The van der Waals surface area contributed by atoms with Gasteiger partial charge in [-0.3, -0.25) is 14.6 Å². The van der Waals surface area contributed by atoms with Crippen LogP contribution in [0.15, 0.2) is 24.5 Å². The zero-order valence-electron chi connectivity index (χ0n) is 9.99. The van der Waals surface area contributed by atoms with Crippen LogP contribution in [0.2, 0.25) is 0 Å². The molecule has 6 nitrogen and oxygen atoms in total. The third-order valence-electron chi connectivity index (χ3n) is 2.11. The molecule has 0 aromatic carbocycles. The molecule has 0 fully saturated rings. The summed E-state index contributed by atoms with van der Waals surface area (Å²) in [7, 11) is -3.89. The van der Waals surface area contributed by atoms with Crippen molar-refractivity contribution >= 4 is 21.6 Å². The molecular formula is C11H13NO5S. The normalized spacial score (nSPS) is 12.8. The van der Waals surface area contributed by atoms with Crippen LogP contribution in [-0.2, 0) is 19.4 Å². The number of rotatable bonds is 5. The fourth-order valence-electron chi connectivity index (χ4n) is 1.35. The molecule has 0 saturated heterocycles. The van der Waals surface area contributed by atoms with Crippen molar-refractivity contribution in [2.45, 2.75) is 12.2 Å². The first-order valence-electron chi connectivity index (χ1n) is 5.17. The standard InChI is InChI=1S/C11H13NO5S/c1-3-17-11(14)10(18(2,15)16)9(13)8-5-4-6-12-7-8/h4-7,10H,3H2,1-2H3. The minimum absolute atomic E-state index is 0.00513. The van der Waals surface area contributed by atoms with Gasteiger partial charge in [0.05, 0.1) is 6.61 Å². The summed E-state index contributed by atoms with van der Waals surface area (Å²) in [4.78, 5) is 27.3. The van der Waals surface area contributed by atoms with E-state index in [0.717, 1.165) is 6.26 Å². The van der Waals surface area contributed by atoms with Gasteiger partial charge in [0.1, 0.15) is 0 Å². The first kappa shape index (κ1) is 14.3. The lowest BCUT2D eigenvalue weighted by atomic mass is 10.1. The topological polar surface area (TPSA) is 90.4 Å². The van der Waals surface area contributed by atoms with E-state index in [-0.39, 0.29) is 12.2 Å². The van der Waals surface area contributed by atoms with E-state index in [9.17, 15) is 18.0 Å². The lowest BCUT2D eigenvalue weighted by molar-refractivity contribution is -0.141. The van der Waals surface area contributed by atoms with Gasteiger partial charge in [-0.25, -0.2) is 8.42 Å². The molecule has 1 unspecified atom stereocenters. The van der Waals surface area contributed by atoms with Gasteiger partial charge in [0.15, 0.2) is 15.6 Å². The van der Waals surface area contributed by atoms with E-state index in [2.05, 4.69) is 9.72 Å². The second-order valence-electron chi connectivity index (χ2n) is 3.57. The Balaban J connectivity index is 3.13. The van der Waals surface area contributed by atoms with E-state index >= 15 is 0 Å². The molecular weight excluding hydrogens is 258 g/mol. The molecule has 1 rings (SSSR count). The van der Waals surface area contributed by atoms with E-state index < -0.39 is 26.8 Å². The van der Waals surface area contributed by atoms with Gasteiger partial charge in [-0.2, -0.15) is 0 Å². The van der Waals surface area contributed by atoms with E-state index in [4.69, 9.17) is 0 Å². The number of hydrogen-bond acceptors (Lipinski definition) is 6. The summed E-state index contributed by atoms with van der Waals surface area (Å²) in [5.74, 6) is -1.89. The van der Waals surface area contributed by atoms with E-state index in [1.807, 2.05) is 0 Å². The highest BCUT2D eigenvalue weighted by Gasteiger charge is 2.38. The number of ether oxygens (including phenoxy) is 1. The molecule has 0 N–H and O–H groups in total. The molecule has 1 atom stereocenters.